The minimum Gasteiger partial charge on any atom is -0.506 e. The monoisotopic (exact) mass is 553 g/mol. The molecule has 11 heteroatoms. The lowest BCUT2D eigenvalue weighted by Gasteiger charge is -2.30. The standard InChI is InChI=1S/C20H25Br2N7O2/c21-14-11-13(16(30)15(22)17(14)31)12-23-27-18-24-19(28-7-3-1-4-8-28)26-20(25-18)29-9-5-2-6-10-29/h11-12,30-31H,1-10H2,(H,24,25,26,27). The summed E-state index contributed by atoms with van der Waals surface area (Å²) in [5.41, 5.74) is 3.30. The van der Waals surface area contributed by atoms with Crippen LogP contribution in [0.3, 0.4) is 0 Å². The lowest BCUT2D eigenvalue weighted by molar-refractivity contribution is 0.442. The Morgan fingerprint density at radius 1 is 0.839 bits per heavy atom. The fourth-order valence-electron chi connectivity index (χ4n) is 3.75. The van der Waals surface area contributed by atoms with Gasteiger partial charge in [-0.25, -0.2) is 5.43 Å². The molecule has 1 aromatic heterocycles. The molecule has 2 fully saturated rings. The highest BCUT2D eigenvalue weighted by Gasteiger charge is 2.20. The largest absolute Gasteiger partial charge is 0.506 e. The third-order valence-corrected chi connectivity index (χ3v) is 6.81. The first-order valence-electron chi connectivity index (χ1n) is 10.5. The van der Waals surface area contributed by atoms with Crippen LogP contribution in [-0.2, 0) is 0 Å². The van der Waals surface area contributed by atoms with Gasteiger partial charge in [0.05, 0.1) is 10.7 Å². The summed E-state index contributed by atoms with van der Waals surface area (Å²) < 4.78 is 0.641. The SMILES string of the molecule is Oc1c(Br)cc(C=NNc2nc(N3CCCCC3)nc(N3CCCCC3)n2)c(O)c1Br. The highest BCUT2D eigenvalue weighted by molar-refractivity contribution is 9.11. The average Bonchev–Trinajstić information content (AvgIpc) is 2.82. The smallest absolute Gasteiger partial charge is 0.250 e. The molecule has 2 aliphatic heterocycles. The zero-order valence-electron chi connectivity index (χ0n) is 17.1. The molecule has 0 saturated carbocycles. The Hall–Kier alpha value is -2.14. The van der Waals surface area contributed by atoms with E-state index >= 15 is 0 Å². The Morgan fingerprint density at radius 3 is 1.94 bits per heavy atom. The molecule has 1 aromatic carbocycles. The second kappa shape index (κ2) is 9.99. The molecule has 2 saturated heterocycles. The van der Waals surface area contributed by atoms with E-state index in [2.05, 4.69) is 62.2 Å². The zero-order valence-corrected chi connectivity index (χ0v) is 20.2. The van der Waals surface area contributed by atoms with Crippen molar-refractivity contribution in [2.45, 2.75) is 38.5 Å². The van der Waals surface area contributed by atoms with E-state index in [4.69, 9.17) is 4.98 Å². The van der Waals surface area contributed by atoms with Gasteiger partial charge in [0.2, 0.25) is 17.8 Å². The van der Waals surface area contributed by atoms with Gasteiger partial charge in [-0.2, -0.15) is 20.1 Å². The van der Waals surface area contributed by atoms with Gasteiger partial charge in [0.25, 0.3) is 0 Å². The van der Waals surface area contributed by atoms with E-state index < -0.39 is 0 Å². The van der Waals surface area contributed by atoms with Gasteiger partial charge in [0.1, 0.15) is 16.0 Å². The number of hydrogen-bond acceptors (Lipinski definition) is 9. The van der Waals surface area contributed by atoms with E-state index in [0.29, 0.717) is 27.9 Å². The van der Waals surface area contributed by atoms with Gasteiger partial charge in [-0.3, -0.25) is 0 Å². The molecule has 0 unspecified atom stereocenters. The number of phenols is 2. The number of benzene rings is 1. The molecular weight excluding hydrogens is 530 g/mol. The van der Waals surface area contributed by atoms with Crippen molar-refractivity contribution in [1.29, 1.82) is 0 Å². The molecule has 9 nitrogen and oxygen atoms in total. The highest BCUT2D eigenvalue weighted by atomic mass is 79.9. The topological polar surface area (TPSA) is 110 Å². The van der Waals surface area contributed by atoms with Gasteiger partial charge in [0.15, 0.2) is 0 Å². The molecule has 0 amide bonds. The molecular formula is C20H25Br2N7O2. The van der Waals surface area contributed by atoms with Crippen molar-refractivity contribution in [3.8, 4) is 11.5 Å². The van der Waals surface area contributed by atoms with Crippen LogP contribution < -0.4 is 15.2 Å². The zero-order chi connectivity index (χ0) is 21.8. The van der Waals surface area contributed by atoms with E-state index in [1.165, 1.54) is 19.1 Å². The summed E-state index contributed by atoms with van der Waals surface area (Å²) in [6.45, 7) is 3.76. The van der Waals surface area contributed by atoms with Crippen molar-refractivity contribution in [3.63, 3.8) is 0 Å². The van der Waals surface area contributed by atoms with Gasteiger partial charge in [-0.05, 0) is 76.5 Å². The molecule has 2 aliphatic rings. The van der Waals surface area contributed by atoms with E-state index in [-0.39, 0.29) is 16.0 Å². The summed E-state index contributed by atoms with van der Waals surface area (Å²) in [4.78, 5) is 18.3. The molecule has 0 radical (unpaired) electrons. The number of aromatic nitrogens is 3. The van der Waals surface area contributed by atoms with Crippen molar-refractivity contribution in [1.82, 2.24) is 15.0 Å². The fraction of sp³-hybridized carbons (Fsp3) is 0.500. The Kier molecular flexibility index (Phi) is 7.11. The Balaban J connectivity index is 1.58. The van der Waals surface area contributed by atoms with Crippen LogP contribution in [0.2, 0.25) is 0 Å². The number of halogens is 2. The lowest BCUT2D eigenvalue weighted by Crippen LogP contribution is -2.34. The predicted octanol–water partition coefficient (Wildman–Crippen LogP) is 4.23. The second-order valence-electron chi connectivity index (χ2n) is 7.68. The minimum absolute atomic E-state index is 0.0718. The van der Waals surface area contributed by atoms with Crippen LogP contribution in [0.15, 0.2) is 20.1 Å². The highest BCUT2D eigenvalue weighted by Crippen LogP contribution is 2.40. The van der Waals surface area contributed by atoms with Crippen molar-refractivity contribution in [3.05, 3.63) is 20.6 Å². The van der Waals surface area contributed by atoms with Gasteiger partial charge in [0, 0.05) is 31.7 Å². The molecule has 2 aromatic rings. The molecule has 4 rings (SSSR count). The van der Waals surface area contributed by atoms with Crippen LogP contribution in [0.1, 0.15) is 44.1 Å². The number of hydrazone groups is 1. The van der Waals surface area contributed by atoms with Gasteiger partial charge >= 0.3 is 0 Å². The Bertz CT molecular complexity index is 925. The maximum atomic E-state index is 10.2. The molecule has 166 valence electrons. The molecule has 3 N–H and O–H groups in total. The number of phenolic OH excluding ortho intramolecular Hbond substituents is 2. The van der Waals surface area contributed by atoms with E-state index in [9.17, 15) is 10.2 Å². The van der Waals surface area contributed by atoms with Crippen LogP contribution >= 0.6 is 31.9 Å². The quantitative estimate of drug-likeness (QED) is 0.372. The summed E-state index contributed by atoms with van der Waals surface area (Å²) in [6.07, 6.45) is 8.46. The Morgan fingerprint density at radius 2 is 1.39 bits per heavy atom. The number of nitrogens with one attached hydrogen (secondary N) is 1. The first-order valence-corrected chi connectivity index (χ1v) is 12.1. The molecule has 31 heavy (non-hydrogen) atoms. The number of anilines is 3. The maximum absolute atomic E-state index is 10.2. The van der Waals surface area contributed by atoms with E-state index in [1.54, 1.807) is 6.07 Å². The lowest BCUT2D eigenvalue weighted by atomic mass is 10.1. The number of hydrogen-bond donors (Lipinski definition) is 3. The summed E-state index contributed by atoms with van der Waals surface area (Å²) in [6, 6.07) is 1.58. The van der Waals surface area contributed by atoms with Gasteiger partial charge in [-0.15, -0.1) is 0 Å². The first-order chi connectivity index (χ1) is 15.0. The predicted molar refractivity (Wildman–Crippen MR) is 128 cm³/mol. The van der Waals surface area contributed by atoms with Crippen molar-refractivity contribution in [2.24, 2.45) is 5.10 Å². The first kappa shape index (κ1) is 22.1. The fourth-order valence-corrected chi connectivity index (χ4v) is 4.90. The minimum atomic E-state index is -0.107. The normalized spacial score (nSPS) is 17.4. The average molecular weight is 555 g/mol. The van der Waals surface area contributed by atoms with Crippen molar-refractivity contribution in [2.75, 3.05) is 41.4 Å². The molecule has 3 heterocycles. The van der Waals surface area contributed by atoms with Gasteiger partial charge < -0.3 is 20.0 Å². The van der Waals surface area contributed by atoms with E-state index in [0.717, 1.165) is 51.9 Å². The second-order valence-corrected chi connectivity index (χ2v) is 9.33. The van der Waals surface area contributed by atoms with Crippen LogP contribution in [-0.4, -0.2) is 57.6 Å². The third kappa shape index (κ3) is 5.20. The number of nitrogens with zero attached hydrogens (tertiary/aromatic N) is 6. The molecule has 0 atom stereocenters. The van der Waals surface area contributed by atoms with Crippen LogP contribution in [0.4, 0.5) is 17.8 Å². The molecule has 0 spiro atoms. The van der Waals surface area contributed by atoms with Crippen molar-refractivity contribution >= 4 is 55.9 Å². The van der Waals surface area contributed by atoms with E-state index in [1.807, 2.05) is 0 Å². The third-order valence-electron chi connectivity index (χ3n) is 5.46. The molecule has 0 aliphatic carbocycles. The van der Waals surface area contributed by atoms with Gasteiger partial charge in [-0.1, -0.05) is 0 Å². The Labute approximate surface area is 197 Å². The molecule has 0 bridgehead atoms. The van der Waals surface area contributed by atoms with Crippen molar-refractivity contribution < 1.29 is 10.2 Å². The summed E-state index contributed by atoms with van der Waals surface area (Å²) in [5, 5.41) is 24.3. The summed E-state index contributed by atoms with van der Waals surface area (Å²) >= 11 is 6.43. The van der Waals surface area contributed by atoms with Crippen LogP contribution in [0.5, 0.6) is 11.5 Å². The summed E-state index contributed by atoms with van der Waals surface area (Å²) in [5.74, 6) is 1.53. The van der Waals surface area contributed by atoms with Crippen LogP contribution in [0, 0.1) is 0 Å². The number of piperidine rings is 2. The van der Waals surface area contributed by atoms with Crippen LogP contribution in [0.25, 0.3) is 0 Å². The number of aromatic hydroxyl groups is 2. The maximum Gasteiger partial charge on any atom is 0.250 e. The number of rotatable bonds is 5. The summed E-state index contributed by atoms with van der Waals surface area (Å²) in [7, 11) is 0.